The molecule has 0 aromatic rings. The van der Waals surface area contributed by atoms with Gasteiger partial charge in [-0.05, 0) is 38.1 Å². The second-order valence-corrected chi connectivity index (χ2v) is 6.11. The third-order valence-corrected chi connectivity index (χ3v) is 4.03. The van der Waals surface area contributed by atoms with Crippen molar-refractivity contribution in [3.8, 4) is 0 Å². The summed E-state index contributed by atoms with van der Waals surface area (Å²) in [4.78, 5) is 2.70. The van der Waals surface area contributed by atoms with Crippen LogP contribution in [0.25, 0.3) is 0 Å². The number of nitrogens with one attached hydrogen (secondary N) is 1. The van der Waals surface area contributed by atoms with Crippen LogP contribution in [0.4, 0.5) is 0 Å². The molecule has 1 saturated heterocycles. The highest BCUT2D eigenvalue weighted by Gasteiger charge is 2.32. The lowest BCUT2D eigenvalue weighted by Gasteiger charge is -2.26. The Morgan fingerprint density at radius 2 is 2.12 bits per heavy atom. The number of hydrogen-bond donors (Lipinski definition) is 1. The molecule has 2 aliphatic rings. The molecule has 3 heteroatoms. The van der Waals surface area contributed by atoms with E-state index < -0.39 is 0 Å². The van der Waals surface area contributed by atoms with E-state index in [2.05, 4.69) is 24.1 Å². The maximum atomic E-state index is 5.42. The van der Waals surface area contributed by atoms with Gasteiger partial charge in [0.2, 0.25) is 0 Å². The van der Waals surface area contributed by atoms with Crippen molar-refractivity contribution in [1.82, 2.24) is 10.2 Å². The third kappa shape index (κ3) is 4.23. The monoisotopic (exact) mass is 240 g/mol. The Labute approximate surface area is 106 Å². The van der Waals surface area contributed by atoms with Crippen LogP contribution in [0, 0.1) is 5.92 Å². The molecule has 1 N–H and O–H groups in total. The molecular formula is C14H28N2O. The largest absolute Gasteiger partial charge is 0.380 e. The fraction of sp³-hybridized carbons (Fsp3) is 1.00. The van der Waals surface area contributed by atoms with Gasteiger partial charge in [0.05, 0.1) is 6.10 Å². The van der Waals surface area contributed by atoms with Gasteiger partial charge in [-0.2, -0.15) is 0 Å². The molecule has 1 aliphatic carbocycles. The molecule has 0 bridgehead atoms. The maximum absolute atomic E-state index is 5.42. The van der Waals surface area contributed by atoms with E-state index in [-0.39, 0.29) is 0 Å². The van der Waals surface area contributed by atoms with Gasteiger partial charge >= 0.3 is 0 Å². The second kappa shape index (κ2) is 6.17. The quantitative estimate of drug-likeness (QED) is 0.735. The fourth-order valence-electron chi connectivity index (χ4n) is 2.67. The fourth-order valence-corrected chi connectivity index (χ4v) is 2.67. The predicted octanol–water partition coefficient (Wildman–Crippen LogP) is 1.87. The third-order valence-electron chi connectivity index (χ3n) is 4.03. The molecule has 17 heavy (non-hydrogen) atoms. The minimum Gasteiger partial charge on any atom is -0.380 e. The number of methoxy groups -OCH3 is 1. The molecule has 100 valence electrons. The first-order valence-corrected chi connectivity index (χ1v) is 7.19. The highest BCUT2D eigenvalue weighted by atomic mass is 16.5. The van der Waals surface area contributed by atoms with E-state index in [1.165, 1.54) is 38.8 Å². The van der Waals surface area contributed by atoms with Crippen molar-refractivity contribution in [3.05, 3.63) is 0 Å². The normalized spacial score (nSPS) is 29.5. The molecule has 0 aromatic carbocycles. The zero-order chi connectivity index (χ0) is 12.3. The van der Waals surface area contributed by atoms with Crippen molar-refractivity contribution in [1.29, 1.82) is 0 Å². The minimum absolute atomic E-state index is 0.436. The topological polar surface area (TPSA) is 24.5 Å². The highest BCUT2D eigenvalue weighted by molar-refractivity contribution is 4.90. The van der Waals surface area contributed by atoms with Crippen LogP contribution in [-0.2, 0) is 4.74 Å². The maximum Gasteiger partial charge on any atom is 0.0711 e. The lowest BCUT2D eigenvalue weighted by Crippen LogP contribution is -2.39. The van der Waals surface area contributed by atoms with E-state index in [0.29, 0.717) is 12.1 Å². The molecule has 1 aliphatic heterocycles. The average molecular weight is 240 g/mol. The Hall–Kier alpha value is -0.120. The van der Waals surface area contributed by atoms with Crippen molar-refractivity contribution >= 4 is 0 Å². The van der Waals surface area contributed by atoms with Gasteiger partial charge < -0.3 is 10.1 Å². The van der Waals surface area contributed by atoms with Crippen molar-refractivity contribution in [2.24, 2.45) is 5.92 Å². The van der Waals surface area contributed by atoms with Gasteiger partial charge in [-0.15, -0.1) is 0 Å². The summed E-state index contributed by atoms with van der Waals surface area (Å²) < 4.78 is 5.42. The summed E-state index contributed by atoms with van der Waals surface area (Å²) in [6, 6.07) is 1.53. The summed E-state index contributed by atoms with van der Waals surface area (Å²) >= 11 is 0. The summed E-state index contributed by atoms with van der Waals surface area (Å²) in [5.41, 5.74) is 0. The lowest BCUT2D eigenvalue weighted by atomic mass is 10.1. The molecule has 1 heterocycles. The Morgan fingerprint density at radius 3 is 2.65 bits per heavy atom. The summed E-state index contributed by atoms with van der Waals surface area (Å²) in [5.74, 6) is 0.819. The van der Waals surface area contributed by atoms with Gasteiger partial charge in [0.15, 0.2) is 0 Å². The smallest absolute Gasteiger partial charge is 0.0711 e. The summed E-state index contributed by atoms with van der Waals surface area (Å²) in [5, 5.41) is 3.59. The van der Waals surface area contributed by atoms with Crippen LogP contribution in [0.3, 0.4) is 0 Å². The van der Waals surface area contributed by atoms with Gasteiger partial charge in [-0.1, -0.05) is 13.8 Å². The number of rotatable bonds is 7. The zero-order valence-electron chi connectivity index (χ0n) is 11.6. The first-order chi connectivity index (χ1) is 8.19. The first kappa shape index (κ1) is 13.3. The predicted molar refractivity (Wildman–Crippen MR) is 71.3 cm³/mol. The van der Waals surface area contributed by atoms with Crippen molar-refractivity contribution in [3.63, 3.8) is 0 Å². The number of ether oxygens (including phenoxy) is 1. The molecule has 2 unspecified atom stereocenters. The van der Waals surface area contributed by atoms with Crippen LogP contribution in [0.5, 0.6) is 0 Å². The van der Waals surface area contributed by atoms with Crippen LogP contribution < -0.4 is 5.32 Å². The number of hydrogen-bond acceptors (Lipinski definition) is 3. The molecule has 0 amide bonds. The molecule has 0 aromatic heterocycles. The van der Waals surface area contributed by atoms with Gasteiger partial charge in [0.1, 0.15) is 0 Å². The summed E-state index contributed by atoms with van der Waals surface area (Å²) in [6.45, 7) is 8.17. The summed E-state index contributed by atoms with van der Waals surface area (Å²) in [6.07, 6.45) is 5.78. The van der Waals surface area contributed by atoms with E-state index >= 15 is 0 Å². The molecule has 2 rings (SSSR count). The van der Waals surface area contributed by atoms with E-state index in [9.17, 15) is 0 Å². The Morgan fingerprint density at radius 1 is 1.35 bits per heavy atom. The number of nitrogens with zero attached hydrogens (tertiary/aromatic N) is 1. The van der Waals surface area contributed by atoms with Crippen LogP contribution in [0.1, 0.15) is 39.5 Å². The Bertz CT molecular complexity index is 228. The molecule has 0 spiro atoms. The zero-order valence-corrected chi connectivity index (χ0v) is 11.6. The molecule has 0 radical (unpaired) electrons. The molecule has 3 nitrogen and oxygen atoms in total. The van der Waals surface area contributed by atoms with E-state index in [1.54, 1.807) is 0 Å². The average Bonchev–Trinajstić information content (AvgIpc) is 3.04. The SMILES string of the molecule is COC1CNC(CN(CCC(C)C)C2CC2)C1. The van der Waals surface area contributed by atoms with Gasteiger partial charge in [-0.25, -0.2) is 0 Å². The van der Waals surface area contributed by atoms with E-state index in [4.69, 9.17) is 4.74 Å². The molecular weight excluding hydrogens is 212 g/mol. The molecule has 2 atom stereocenters. The van der Waals surface area contributed by atoms with Crippen molar-refractivity contribution in [2.75, 3.05) is 26.7 Å². The van der Waals surface area contributed by atoms with Gasteiger partial charge in [-0.3, -0.25) is 4.90 Å². The van der Waals surface area contributed by atoms with E-state index in [0.717, 1.165) is 18.5 Å². The van der Waals surface area contributed by atoms with Crippen molar-refractivity contribution < 1.29 is 4.74 Å². The summed E-state index contributed by atoms with van der Waals surface area (Å²) in [7, 11) is 1.83. The molecule has 2 fully saturated rings. The lowest BCUT2D eigenvalue weighted by molar-refractivity contribution is 0.115. The van der Waals surface area contributed by atoms with E-state index in [1.807, 2.05) is 7.11 Å². The highest BCUT2D eigenvalue weighted by Crippen LogP contribution is 2.28. The first-order valence-electron chi connectivity index (χ1n) is 7.19. The van der Waals surface area contributed by atoms with Crippen LogP contribution in [0.15, 0.2) is 0 Å². The van der Waals surface area contributed by atoms with Crippen LogP contribution in [-0.4, -0.2) is 49.8 Å². The van der Waals surface area contributed by atoms with Crippen LogP contribution in [0.2, 0.25) is 0 Å². The second-order valence-electron chi connectivity index (χ2n) is 6.11. The minimum atomic E-state index is 0.436. The standard InChI is InChI=1S/C14H28N2O/c1-11(2)6-7-16(13-4-5-13)10-12-8-14(17-3)9-15-12/h11-15H,4-10H2,1-3H3. The molecule has 1 saturated carbocycles. The van der Waals surface area contributed by atoms with Crippen molar-refractivity contribution in [2.45, 2.75) is 57.7 Å². The van der Waals surface area contributed by atoms with Gasteiger partial charge in [0, 0.05) is 32.3 Å². The van der Waals surface area contributed by atoms with Crippen LogP contribution >= 0.6 is 0 Å². The Kier molecular flexibility index (Phi) is 4.83. The Balaban J connectivity index is 1.73. The van der Waals surface area contributed by atoms with Gasteiger partial charge in [0.25, 0.3) is 0 Å².